The van der Waals surface area contributed by atoms with Gasteiger partial charge in [0.1, 0.15) is 6.54 Å². The first-order valence-electron chi connectivity index (χ1n) is 6.98. The van der Waals surface area contributed by atoms with E-state index in [4.69, 9.17) is 9.84 Å². The molecule has 2 N–H and O–H groups in total. The summed E-state index contributed by atoms with van der Waals surface area (Å²) >= 11 is 0. The molecule has 1 aromatic carbocycles. The van der Waals surface area contributed by atoms with E-state index in [0.717, 1.165) is 30.6 Å². The monoisotopic (exact) mass is 292 g/mol. The van der Waals surface area contributed by atoms with Crippen LogP contribution in [0.1, 0.15) is 22.3 Å². The molecule has 1 aliphatic rings. The lowest BCUT2D eigenvalue weighted by Crippen LogP contribution is -2.38. The smallest absolute Gasteiger partial charge is 0.323 e. The number of fused-ring (bicyclic) bond motifs is 1. The molecule has 1 aromatic rings. The summed E-state index contributed by atoms with van der Waals surface area (Å²) in [7, 11) is 1.52. The first-order chi connectivity index (χ1) is 10.1. The third-order valence-corrected chi connectivity index (χ3v) is 3.47. The highest BCUT2D eigenvalue weighted by Gasteiger charge is 2.20. The van der Waals surface area contributed by atoms with Crippen LogP contribution in [-0.2, 0) is 16.0 Å². The van der Waals surface area contributed by atoms with Crippen LogP contribution in [0.3, 0.4) is 0 Å². The van der Waals surface area contributed by atoms with Crippen LogP contribution in [0.25, 0.3) is 0 Å². The van der Waals surface area contributed by atoms with Crippen LogP contribution in [0.4, 0.5) is 5.69 Å². The van der Waals surface area contributed by atoms with Crippen molar-refractivity contribution in [2.24, 2.45) is 0 Å². The number of amides is 1. The van der Waals surface area contributed by atoms with Crippen molar-refractivity contribution in [1.82, 2.24) is 4.90 Å². The van der Waals surface area contributed by atoms with Crippen molar-refractivity contribution in [3.05, 3.63) is 29.3 Å². The van der Waals surface area contributed by atoms with Gasteiger partial charge in [-0.3, -0.25) is 9.59 Å². The highest BCUT2D eigenvalue weighted by atomic mass is 16.5. The standard InChI is InChI=1S/C15H20N2O4/c1-21-8-7-17(10-14(18)19)15(20)12-4-5-13-11(9-12)3-2-6-16-13/h4-5,9,16H,2-3,6-8,10H2,1H3,(H,18,19). The number of nitrogens with zero attached hydrogens (tertiary/aromatic N) is 1. The number of nitrogens with one attached hydrogen (secondary N) is 1. The van der Waals surface area contributed by atoms with Gasteiger partial charge in [0.15, 0.2) is 0 Å². The number of anilines is 1. The summed E-state index contributed by atoms with van der Waals surface area (Å²) in [5.41, 5.74) is 2.68. The molecule has 21 heavy (non-hydrogen) atoms. The normalized spacial score (nSPS) is 13.2. The van der Waals surface area contributed by atoms with Gasteiger partial charge in [0, 0.05) is 31.5 Å². The van der Waals surface area contributed by atoms with Crippen molar-refractivity contribution in [3.8, 4) is 0 Å². The topological polar surface area (TPSA) is 78.9 Å². The Hall–Kier alpha value is -2.08. The van der Waals surface area contributed by atoms with Crippen LogP contribution in [0.2, 0.25) is 0 Å². The van der Waals surface area contributed by atoms with Gasteiger partial charge in [-0.15, -0.1) is 0 Å². The maximum absolute atomic E-state index is 12.5. The summed E-state index contributed by atoms with van der Waals surface area (Å²) in [5.74, 6) is -1.30. The third kappa shape index (κ3) is 3.95. The van der Waals surface area contributed by atoms with Gasteiger partial charge in [-0.2, -0.15) is 0 Å². The Bertz CT molecular complexity index is 530. The fourth-order valence-corrected chi connectivity index (χ4v) is 2.41. The number of methoxy groups -OCH3 is 1. The number of hydrogen-bond acceptors (Lipinski definition) is 4. The molecule has 0 spiro atoms. The van der Waals surface area contributed by atoms with Crippen molar-refractivity contribution >= 4 is 17.6 Å². The van der Waals surface area contributed by atoms with Crippen molar-refractivity contribution in [3.63, 3.8) is 0 Å². The lowest BCUT2D eigenvalue weighted by Gasteiger charge is -2.22. The lowest BCUT2D eigenvalue weighted by atomic mass is 10.0. The van der Waals surface area contributed by atoms with Crippen molar-refractivity contribution in [2.75, 3.05) is 38.7 Å². The minimum absolute atomic E-state index is 0.261. The zero-order chi connectivity index (χ0) is 15.2. The molecule has 0 bridgehead atoms. The summed E-state index contributed by atoms with van der Waals surface area (Å²) in [5, 5.41) is 12.2. The first-order valence-corrected chi connectivity index (χ1v) is 6.98. The number of hydrogen-bond donors (Lipinski definition) is 2. The number of carboxylic acids is 1. The molecule has 0 saturated carbocycles. The Morgan fingerprint density at radius 3 is 2.95 bits per heavy atom. The van der Waals surface area contributed by atoms with Crippen LogP contribution >= 0.6 is 0 Å². The molecule has 0 saturated heterocycles. The van der Waals surface area contributed by atoms with E-state index in [1.165, 1.54) is 12.0 Å². The number of rotatable bonds is 6. The minimum Gasteiger partial charge on any atom is -0.480 e. The number of aryl methyl sites for hydroxylation is 1. The van der Waals surface area contributed by atoms with E-state index in [9.17, 15) is 9.59 Å². The number of aliphatic carboxylic acids is 1. The van der Waals surface area contributed by atoms with Crippen LogP contribution in [0.15, 0.2) is 18.2 Å². The zero-order valence-corrected chi connectivity index (χ0v) is 12.1. The Balaban J connectivity index is 2.17. The van der Waals surface area contributed by atoms with Gasteiger partial charge in [0.2, 0.25) is 0 Å². The van der Waals surface area contributed by atoms with Gasteiger partial charge in [0.05, 0.1) is 6.61 Å². The van der Waals surface area contributed by atoms with Crippen LogP contribution in [0.5, 0.6) is 0 Å². The second kappa shape index (κ2) is 7.08. The summed E-state index contributed by atoms with van der Waals surface area (Å²) in [4.78, 5) is 24.7. The van der Waals surface area contributed by atoms with Crippen molar-refractivity contribution < 1.29 is 19.4 Å². The molecule has 0 aromatic heterocycles. The third-order valence-electron chi connectivity index (χ3n) is 3.47. The van der Waals surface area contributed by atoms with E-state index in [2.05, 4.69) is 5.32 Å². The summed E-state index contributed by atoms with van der Waals surface area (Å²) < 4.78 is 4.93. The molecule has 0 unspecified atom stereocenters. The molecule has 6 heteroatoms. The van der Waals surface area contributed by atoms with Gasteiger partial charge in [-0.25, -0.2) is 0 Å². The lowest BCUT2D eigenvalue weighted by molar-refractivity contribution is -0.137. The van der Waals surface area contributed by atoms with E-state index in [0.29, 0.717) is 12.2 Å². The maximum Gasteiger partial charge on any atom is 0.323 e. The summed E-state index contributed by atoms with van der Waals surface area (Å²) in [6, 6.07) is 5.48. The van der Waals surface area contributed by atoms with Crippen molar-refractivity contribution in [2.45, 2.75) is 12.8 Å². The van der Waals surface area contributed by atoms with E-state index < -0.39 is 5.97 Å². The number of benzene rings is 1. The van der Waals surface area contributed by atoms with E-state index >= 15 is 0 Å². The Morgan fingerprint density at radius 2 is 2.24 bits per heavy atom. The quantitative estimate of drug-likeness (QED) is 0.824. The van der Waals surface area contributed by atoms with E-state index in [1.54, 1.807) is 6.07 Å². The molecule has 1 heterocycles. The number of carbonyl (C=O) groups is 2. The van der Waals surface area contributed by atoms with Gasteiger partial charge in [0.25, 0.3) is 5.91 Å². The Kier molecular flexibility index (Phi) is 5.16. The first kappa shape index (κ1) is 15.3. The zero-order valence-electron chi connectivity index (χ0n) is 12.1. The number of carbonyl (C=O) groups excluding carboxylic acids is 1. The Labute approximate surface area is 123 Å². The molecule has 0 atom stereocenters. The second-order valence-electron chi connectivity index (χ2n) is 5.02. The molecule has 0 fully saturated rings. The SMILES string of the molecule is COCCN(CC(=O)O)C(=O)c1ccc2c(c1)CCCN2. The number of carboxylic acid groups (broad SMARTS) is 1. The molecular formula is C15H20N2O4. The summed E-state index contributed by atoms with van der Waals surface area (Å²) in [6.07, 6.45) is 1.97. The van der Waals surface area contributed by atoms with Crippen LogP contribution in [0, 0.1) is 0 Å². The molecule has 1 amide bonds. The minimum atomic E-state index is -1.03. The average molecular weight is 292 g/mol. The Morgan fingerprint density at radius 1 is 1.43 bits per heavy atom. The highest BCUT2D eigenvalue weighted by molar-refractivity contribution is 5.96. The fraction of sp³-hybridized carbons (Fsp3) is 0.467. The molecule has 0 radical (unpaired) electrons. The van der Waals surface area contributed by atoms with E-state index in [-0.39, 0.29) is 19.0 Å². The van der Waals surface area contributed by atoms with Gasteiger partial charge >= 0.3 is 5.97 Å². The van der Waals surface area contributed by atoms with Crippen molar-refractivity contribution in [1.29, 1.82) is 0 Å². The highest BCUT2D eigenvalue weighted by Crippen LogP contribution is 2.23. The molecular weight excluding hydrogens is 272 g/mol. The fourth-order valence-electron chi connectivity index (χ4n) is 2.41. The van der Waals surface area contributed by atoms with Gasteiger partial charge < -0.3 is 20.1 Å². The summed E-state index contributed by atoms with van der Waals surface area (Å²) in [6.45, 7) is 1.19. The number of ether oxygens (including phenoxy) is 1. The molecule has 2 rings (SSSR count). The van der Waals surface area contributed by atoms with E-state index in [1.807, 2.05) is 12.1 Å². The second-order valence-corrected chi connectivity index (χ2v) is 5.02. The predicted molar refractivity (Wildman–Crippen MR) is 78.7 cm³/mol. The molecule has 0 aliphatic carbocycles. The maximum atomic E-state index is 12.5. The van der Waals surface area contributed by atoms with Crippen LogP contribution in [-0.4, -0.2) is 55.2 Å². The van der Waals surface area contributed by atoms with Gasteiger partial charge in [-0.05, 0) is 36.6 Å². The molecule has 1 aliphatic heterocycles. The largest absolute Gasteiger partial charge is 0.480 e. The van der Waals surface area contributed by atoms with Crippen LogP contribution < -0.4 is 5.32 Å². The molecule has 114 valence electrons. The molecule has 6 nitrogen and oxygen atoms in total. The van der Waals surface area contributed by atoms with Gasteiger partial charge in [-0.1, -0.05) is 0 Å². The predicted octanol–water partition coefficient (Wildman–Crippen LogP) is 1.22. The average Bonchev–Trinajstić information content (AvgIpc) is 2.50.